The highest BCUT2D eigenvalue weighted by molar-refractivity contribution is 6.33. The summed E-state index contributed by atoms with van der Waals surface area (Å²) in [5.74, 6) is -0.392. The molecule has 0 spiro atoms. The highest BCUT2D eigenvalue weighted by atomic mass is 35.5. The predicted octanol–water partition coefficient (Wildman–Crippen LogP) is 3.31. The molecule has 0 saturated carbocycles. The fourth-order valence-corrected chi connectivity index (χ4v) is 1.80. The fraction of sp³-hybridized carbons (Fsp3) is 0.154. The van der Waals surface area contributed by atoms with Crippen molar-refractivity contribution in [2.45, 2.75) is 6.92 Å². The van der Waals surface area contributed by atoms with E-state index in [0.717, 1.165) is 5.69 Å². The summed E-state index contributed by atoms with van der Waals surface area (Å²) in [5.41, 5.74) is 1.30. The van der Waals surface area contributed by atoms with Gasteiger partial charge in [-0.25, -0.2) is 4.79 Å². The average Bonchev–Trinajstić information content (AvgIpc) is 2.82. The molecular weight excluding hydrogens is 238 g/mol. The van der Waals surface area contributed by atoms with Crippen molar-refractivity contribution >= 4 is 17.6 Å². The lowest BCUT2D eigenvalue weighted by Crippen LogP contribution is -2.05. The molecule has 2 aromatic rings. The van der Waals surface area contributed by atoms with Gasteiger partial charge in [-0.05, 0) is 37.3 Å². The normalized spacial score (nSPS) is 10.2. The topological polar surface area (TPSA) is 31.2 Å². The van der Waals surface area contributed by atoms with E-state index in [-0.39, 0.29) is 0 Å². The Hall–Kier alpha value is -1.74. The number of rotatable bonds is 3. The zero-order valence-corrected chi connectivity index (χ0v) is 10.1. The molecule has 1 heterocycles. The number of halogens is 1. The molecule has 0 aliphatic heterocycles. The van der Waals surface area contributed by atoms with E-state index in [9.17, 15) is 4.79 Å². The summed E-state index contributed by atoms with van der Waals surface area (Å²) in [6, 6.07) is 9.10. The lowest BCUT2D eigenvalue weighted by atomic mass is 10.2. The number of hydrogen-bond acceptors (Lipinski definition) is 2. The minimum Gasteiger partial charge on any atom is -0.462 e. The number of aromatic nitrogens is 1. The van der Waals surface area contributed by atoms with Crippen LogP contribution >= 0.6 is 11.6 Å². The highest BCUT2D eigenvalue weighted by Gasteiger charge is 2.11. The van der Waals surface area contributed by atoms with Crippen LogP contribution in [0.2, 0.25) is 5.02 Å². The largest absolute Gasteiger partial charge is 0.462 e. The van der Waals surface area contributed by atoms with Crippen molar-refractivity contribution in [3.05, 3.63) is 53.3 Å². The zero-order valence-electron chi connectivity index (χ0n) is 9.39. The van der Waals surface area contributed by atoms with Crippen LogP contribution in [0.4, 0.5) is 0 Å². The summed E-state index contributed by atoms with van der Waals surface area (Å²) in [6.07, 6.45) is 3.82. The van der Waals surface area contributed by atoms with Crippen LogP contribution in [-0.4, -0.2) is 17.1 Å². The van der Waals surface area contributed by atoms with Crippen molar-refractivity contribution in [2.24, 2.45) is 0 Å². The molecule has 0 N–H and O–H groups in total. The molecule has 0 fully saturated rings. The van der Waals surface area contributed by atoms with Crippen molar-refractivity contribution in [2.75, 3.05) is 6.61 Å². The van der Waals surface area contributed by atoms with Gasteiger partial charge in [-0.2, -0.15) is 0 Å². The first-order valence-corrected chi connectivity index (χ1v) is 5.70. The van der Waals surface area contributed by atoms with Gasteiger partial charge >= 0.3 is 5.97 Å². The second-order valence-electron chi connectivity index (χ2n) is 3.47. The molecule has 0 aliphatic rings. The Balaban J connectivity index is 2.32. The van der Waals surface area contributed by atoms with Crippen LogP contribution in [0.15, 0.2) is 42.7 Å². The van der Waals surface area contributed by atoms with Crippen molar-refractivity contribution in [3.8, 4) is 5.69 Å². The third-order valence-corrected chi connectivity index (χ3v) is 2.66. The molecule has 2 rings (SSSR count). The summed E-state index contributed by atoms with van der Waals surface area (Å²) in [4.78, 5) is 11.5. The summed E-state index contributed by atoms with van der Waals surface area (Å²) < 4.78 is 6.83. The van der Waals surface area contributed by atoms with Crippen LogP contribution < -0.4 is 0 Å². The SMILES string of the molecule is CCOC(=O)c1ccc(-n2cccc2)cc1Cl. The summed E-state index contributed by atoms with van der Waals surface area (Å²) >= 11 is 6.06. The van der Waals surface area contributed by atoms with Crippen LogP contribution in [0.25, 0.3) is 5.69 Å². The average molecular weight is 250 g/mol. The lowest BCUT2D eigenvalue weighted by molar-refractivity contribution is 0.0526. The molecular formula is C13H12ClNO2. The van der Waals surface area contributed by atoms with Gasteiger partial charge in [-0.3, -0.25) is 0 Å². The molecule has 0 atom stereocenters. The number of ether oxygens (including phenoxy) is 1. The van der Waals surface area contributed by atoms with Crippen LogP contribution in [0, 0.1) is 0 Å². The molecule has 0 aliphatic carbocycles. The number of carbonyl (C=O) groups excluding carboxylic acids is 1. The van der Waals surface area contributed by atoms with Crippen LogP contribution in [0.1, 0.15) is 17.3 Å². The van der Waals surface area contributed by atoms with E-state index in [1.54, 1.807) is 19.1 Å². The number of hydrogen-bond donors (Lipinski definition) is 0. The van der Waals surface area contributed by atoms with E-state index in [2.05, 4.69) is 0 Å². The predicted molar refractivity (Wildman–Crippen MR) is 66.7 cm³/mol. The van der Waals surface area contributed by atoms with Crippen molar-refractivity contribution in [1.29, 1.82) is 0 Å². The minimum absolute atomic E-state index is 0.342. The van der Waals surface area contributed by atoms with E-state index in [4.69, 9.17) is 16.3 Å². The van der Waals surface area contributed by atoms with Gasteiger partial charge < -0.3 is 9.30 Å². The molecule has 0 unspecified atom stereocenters. The van der Waals surface area contributed by atoms with Gasteiger partial charge in [0.2, 0.25) is 0 Å². The standard InChI is InChI=1S/C13H12ClNO2/c1-2-17-13(16)11-6-5-10(9-12(11)14)15-7-3-4-8-15/h3-9H,2H2,1H3. The van der Waals surface area contributed by atoms with Gasteiger partial charge in [-0.15, -0.1) is 0 Å². The minimum atomic E-state index is -0.392. The van der Waals surface area contributed by atoms with Crippen LogP contribution in [0.3, 0.4) is 0 Å². The number of esters is 1. The Morgan fingerprint density at radius 3 is 2.65 bits per heavy atom. The van der Waals surface area contributed by atoms with Gasteiger partial charge in [0.05, 0.1) is 17.2 Å². The summed E-state index contributed by atoms with van der Waals surface area (Å²) in [6.45, 7) is 2.11. The highest BCUT2D eigenvalue weighted by Crippen LogP contribution is 2.21. The Bertz CT molecular complexity index is 520. The van der Waals surface area contributed by atoms with Crippen molar-refractivity contribution in [1.82, 2.24) is 4.57 Å². The Kier molecular flexibility index (Phi) is 3.49. The molecule has 88 valence electrons. The van der Waals surface area contributed by atoms with Gasteiger partial charge in [0.1, 0.15) is 0 Å². The second kappa shape index (κ2) is 5.06. The molecule has 4 heteroatoms. The number of benzene rings is 1. The van der Waals surface area contributed by atoms with Crippen LogP contribution in [-0.2, 0) is 4.74 Å². The summed E-state index contributed by atoms with van der Waals surface area (Å²) in [7, 11) is 0. The number of carbonyl (C=O) groups is 1. The van der Waals surface area contributed by atoms with E-state index in [0.29, 0.717) is 17.2 Å². The Labute approximate surface area is 105 Å². The maximum absolute atomic E-state index is 11.5. The van der Waals surface area contributed by atoms with Gasteiger partial charge in [0.25, 0.3) is 0 Å². The first-order valence-electron chi connectivity index (χ1n) is 5.32. The molecule has 3 nitrogen and oxygen atoms in total. The van der Waals surface area contributed by atoms with Gasteiger partial charge in [0.15, 0.2) is 0 Å². The Morgan fingerprint density at radius 2 is 2.06 bits per heavy atom. The zero-order chi connectivity index (χ0) is 12.3. The quantitative estimate of drug-likeness (QED) is 0.782. The smallest absolute Gasteiger partial charge is 0.339 e. The molecule has 0 saturated heterocycles. The van der Waals surface area contributed by atoms with Crippen molar-refractivity contribution in [3.63, 3.8) is 0 Å². The van der Waals surface area contributed by atoms with Crippen molar-refractivity contribution < 1.29 is 9.53 Å². The first kappa shape index (κ1) is 11.7. The third kappa shape index (κ3) is 2.50. The fourth-order valence-electron chi connectivity index (χ4n) is 1.55. The number of nitrogens with zero attached hydrogens (tertiary/aromatic N) is 1. The molecule has 0 amide bonds. The Morgan fingerprint density at radius 1 is 1.35 bits per heavy atom. The molecule has 0 radical (unpaired) electrons. The van der Waals surface area contributed by atoms with E-state index in [1.165, 1.54) is 0 Å². The maximum Gasteiger partial charge on any atom is 0.339 e. The maximum atomic E-state index is 11.5. The first-order chi connectivity index (χ1) is 8.22. The second-order valence-corrected chi connectivity index (χ2v) is 3.88. The van der Waals surface area contributed by atoms with E-state index >= 15 is 0 Å². The molecule has 0 bridgehead atoms. The van der Waals surface area contributed by atoms with Gasteiger partial charge in [-0.1, -0.05) is 11.6 Å². The van der Waals surface area contributed by atoms with E-state index < -0.39 is 5.97 Å². The monoisotopic (exact) mass is 249 g/mol. The summed E-state index contributed by atoms with van der Waals surface area (Å²) in [5, 5.41) is 0.398. The molecule has 1 aromatic heterocycles. The molecule has 1 aromatic carbocycles. The van der Waals surface area contributed by atoms with Gasteiger partial charge in [0, 0.05) is 18.1 Å². The van der Waals surface area contributed by atoms with E-state index in [1.807, 2.05) is 35.2 Å². The lowest BCUT2D eigenvalue weighted by Gasteiger charge is -2.07. The molecule has 17 heavy (non-hydrogen) atoms. The third-order valence-electron chi connectivity index (χ3n) is 2.35. The van der Waals surface area contributed by atoms with Crippen LogP contribution in [0.5, 0.6) is 0 Å².